The van der Waals surface area contributed by atoms with Crippen LogP contribution in [-0.4, -0.2) is 60.7 Å². The number of methoxy groups -OCH3 is 1. The molecule has 11 nitrogen and oxygen atoms in total. The van der Waals surface area contributed by atoms with Crippen molar-refractivity contribution in [2.24, 2.45) is 16.9 Å². The molecule has 0 aromatic rings. The topological polar surface area (TPSA) is 175 Å². The molecule has 0 aromatic heterocycles. The number of hydrogen-bond acceptors (Lipinski definition) is 8. The Morgan fingerprint density at radius 3 is 2.45 bits per heavy atom. The fraction of sp³-hybridized carbons (Fsp3) is 0.500. The average molecular weight is 609 g/mol. The van der Waals surface area contributed by atoms with Gasteiger partial charge in [-0.05, 0) is 38.0 Å². The summed E-state index contributed by atoms with van der Waals surface area (Å²) in [7, 11) is 1.46. The van der Waals surface area contributed by atoms with Crippen LogP contribution in [0, 0.1) is 5.41 Å². The summed E-state index contributed by atoms with van der Waals surface area (Å²) in [5, 5.41) is 15.9. The van der Waals surface area contributed by atoms with Crippen molar-refractivity contribution in [3.05, 3.63) is 71.2 Å². The number of nitrogens with two attached hydrogens (primary N) is 2. The van der Waals surface area contributed by atoms with E-state index >= 15 is 0 Å². The maximum atomic E-state index is 12.9. The van der Waals surface area contributed by atoms with Gasteiger partial charge in [0.15, 0.2) is 0 Å². The van der Waals surface area contributed by atoms with Crippen LogP contribution in [0.25, 0.3) is 0 Å². The minimum atomic E-state index is -1.15. The minimum Gasteiger partial charge on any atom is -0.496 e. The highest BCUT2D eigenvalue weighted by molar-refractivity contribution is 6.29. The summed E-state index contributed by atoms with van der Waals surface area (Å²) < 4.78 is 15.6. The van der Waals surface area contributed by atoms with Gasteiger partial charge >= 0.3 is 6.09 Å². The second-order valence-electron chi connectivity index (χ2n) is 10.8. The molecule has 5 unspecified atom stereocenters. The molecule has 7 N–H and O–H groups in total. The van der Waals surface area contributed by atoms with E-state index in [1.54, 1.807) is 49.5 Å². The summed E-state index contributed by atoms with van der Waals surface area (Å²) in [4.78, 5) is 36.6. The number of carbonyl (C=O) groups excluding carboxylic acids is 3. The molecule has 5 atom stereocenters. The summed E-state index contributed by atoms with van der Waals surface area (Å²) in [5.74, 6) is -0.493. The predicted octanol–water partition coefficient (Wildman–Crippen LogP) is 3.56. The quantitative estimate of drug-likeness (QED) is 0.147. The van der Waals surface area contributed by atoms with Crippen molar-refractivity contribution in [2.45, 2.75) is 84.5 Å². The first-order valence-corrected chi connectivity index (χ1v) is 13.9. The predicted molar refractivity (Wildman–Crippen MR) is 163 cm³/mol. The number of hydrogen-bond donors (Lipinski definition) is 5. The van der Waals surface area contributed by atoms with Crippen LogP contribution >= 0.6 is 11.6 Å². The highest BCUT2D eigenvalue weighted by Gasteiger charge is 2.32. The van der Waals surface area contributed by atoms with Crippen molar-refractivity contribution in [1.29, 1.82) is 0 Å². The van der Waals surface area contributed by atoms with E-state index in [1.807, 2.05) is 27.7 Å². The van der Waals surface area contributed by atoms with Gasteiger partial charge in [0.2, 0.25) is 18.1 Å². The van der Waals surface area contributed by atoms with Gasteiger partial charge in [-0.1, -0.05) is 74.4 Å². The maximum Gasteiger partial charge on any atom is 0.404 e. The van der Waals surface area contributed by atoms with Crippen molar-refractivity contribution in [1.82, 2.24) is 10.6 Å². The minimum absolute atomic E-state index is 0.297. The van der Waals surface area contributed by atoms with Crippen molar-refractivity contribution in [3.63, 3.8) is 0 Å². The summed E-state index contributed by atoms with van der Waals surface area (Å²) in [5.41, 5.74) is 11.6. The van der Waals surface area contributed by atoms with E-state index in [-0.39, 0.29) is 0 Å². The molecule has 12 heteroatoms. The number of nitrogens with one attached hydrogen (secondary N) is 2. The van der Waals surface area contributed by atoms with Gasteiger partial charge in [-0.2, -0.15) is 0 Å². The zero-order valence-corrected chi connectivity index (χ0v) is 25.9. The Morgan fingerprint density at radius 2 is 1.88 bits per heavy atom. The van der Waals surface area contributed by atoms with E-state index in [0.29, 0.717) is 30.1 Å². The largest absolute Gasteiger partial charge is 0.496 e. The van der Waals surface area contributed by atoms with Gasteiger partial charge in [0.05, 0.1) is 19.3 Å². The maximum absolute atomic E-state index is 12.9. The number of aliphatic hydroxyl groups is 1. The molecule has 0 saturated carbocycles. The monoisotopic (exact) mass is 608 g/mol. The number of rotatable bonds is 14. The van der Waals surface area contributed by atoms with Crippen molar-refractivity contribution in [3.8, 4) is 0 Å². The Hall–Kier alpha value is -3.38. The van der Waals surface area contributed by atoms with Gasteiger partial charge < -0.3 is 41.4 Å². The van der Waals surface area contributed by atoms with Crippen LogP contribution in [0.3, 0.4) is 0 Å². The summed E-state index contributed by atoms with van der Waals surface area (Å²) in [6.07, 6.45) is 12.8. The fourth-order valence-electron chi connectivity index (χ4n) is 3.83. The average Bonchev–Trinajstić information content (AvgIpc) is 2.89. The number of amides is 3. The Kier molecular flexibility index (Phi) is 15.9. The molecule has 1 rings (SSSR count). The molecule has 0 fully saturated rings. The van der Waals surface area contributed by atoms with Gasteiger partial charge in [0, 0.05) is 23.9 Å². The third-order valence-corrected chi connectivity index (χ3v) is 6.19. The van der Waals surface area contributed by atoms with Crippen molar-refractivity contribution < 1.29 is 33.7 Å². The first kappa shape index (κ1) is 36.6. The molecule has 1 heterocycles. The Balaban J connectivity index is 2.70. The lowest BCUT2D eigenvalue weighted by Crippen LogP contribution is -2.52. The molecule has 1 aliphatic heterocycles. The SMILES string of the molecule is COC1=CCC(C(N)C=C(C)C=CC=CC(=O)NC(C(=O)NC=CCC(CC=C(C)Cl)OC(N)=O)C(C)(C)C)OC1O. The van der Waals surface area contributed by atoms with Crippen LogP contribution in [0.4, 0.5) is 4.79 Å². The number of allylic oxidation sites excluding steroid dienone is 5. The number of halogens is 1. The lowest BCUT2D eigenvalue weighted by Gasteiger charge is -2.29. The van der Waals surface area contributed by atoms with Crippen LogP contribution < -0.4 is 22.1 Å². The van der Waals surface area contributed by atoms with Gasteiger partial charge in [-0.3, -0.25) is 9.59 Å². The molecular formula is C30H45ClN4O7. The Bertz CT molecular complexity index is 1100. The Labute approximate surface area is 253 Å². The van der Waals surface area contributed by atoms with Gasteiger partial charge in [0.1, 0.15) is 17.9 Å². The second-order valence-corrected chi connectivity index (χ2v) is 11.4. The molecule has 0 aromatic carbocycles. The third-order valence-electron chi connectivity index (χ3n) is 6.04. The fourth-order valence-corrected chi connectivity index (χ4v) is 3.92. The lowest BCUT2D eigenvalue weighted by molar-refractivity contribution is -0.144. The second kappa shape index (κ2) is 18.2. The highest BCUT2D eigenvalue weighted by Crippen LogP contribution is 2.21. The van der Waals surface area contributed by atoms with Gasteiger partial charge in [-0.15, -0.1) is 0 Å². The molecule has 234 valence electrons. The summed E-state index contributed by atoms with van der Waals surface area (Å²) >= 11 is 5.84. The molecule has 0 bridgehead atoms. The molecule has 0 radical (unpaired) electrons. The molecule has 3 amide bonds. The molecule has 0 spiro atoms. The third kappa shape index (κ3) is 14.5. The molecule has 0 aliphatic carbocycles. The number of primary amides is 1. The number of aliphatic hydroxyl groups excluding tert-OH is 1. The number of carbonyl (C=O) groups is 3. The Morgan fingerprint density at radius 1 is 1.21 bits per heavy atom. The normalized spacial score (nSPS) is 20.7. The van der Waals surface area contributed by atoms with E-state index < -0.39 is 53.9 Å². The van der Waals surface area contributed by atoms with E-state index in [0.717, 1.165) is 5.57 Å². The zero-order chi connectivity index (χ0) is 31.9. The zero-order valence-electron chi connectivity index (χ0n) is 25.1. The number of ether oxygens (including phenoxy) is 3. The van der Waals surface area contributed by atoms with Crippen molar-refractivity contribution >= 4 is 29.5 Å². The molecule has 0 saturated heterocycles. The standard InChI is InChI=1S/C30H45ClN4O7/c1-19(18-22(32)23-15-16-24(40-6)28(38)42-23)10-7-8-12-25(36)35-26(30(3,4)5)27(37)34-17-9-11-21(41-29(33)39)14-13-20(2)31/h7-10,12-13,16-18,21-23,26,28,38H,11,14-15,32H2,1-6H3,(H2,33,39)(H,34,37)(H,35,36). The highest BCUT2D eigenvalue weighted by atomic mass is 35.5. The van der Waals surface area contributed by atoms with Crippen LogP contribution in [-0.2, 0) is 23.8 Å². The van der Waals surface area contributed by atoms with Crippen LogP contribution in [0.2, 0.25) is 0 Å². The first-order valence-electron chi connectivity index (χ1n) is 13.5. The summed E-state index contributed by atoms with van der Waals surface area (Å²) in [6, 6.07) is -1.29. The van der Waals surface area contributed by atoms with Crippen LogP contribution in [0.1, 0.15) is 53.9 Å². The summed E-state index contributed by atoms with van der Waals surface area (Å²) in [6.45, 7) is 9.06. The van der Waals surface area contributed by atoms with E-state index in [9.17, 15) is 19.5 Å². The van der Waals surface area contributed by atoms with Crippen LogP contribution in [0.5, 0.6) is 0 Å². The van der Waals surface area contributed by atoms with Crippen LogP contribution in [0.15, 0.2) is 71.2 Å². The molecular weight excluding hydrogens is 564 g/mol. The first-order chi connectivity index (χ1) is 19.6. The van der Waals surface area contributed by atoms with Gasteiger partial charge in [0.25, 0.3) is 0 Å². The van der Waals surface area contributed by atoms with E-state index in [1.165, 1.54) is 19.4 Å². The van der Waals surface area contributed by atoms with Gasteiger partial charge in [-0.25, -0.2) is 4.79 Å². The van der Waals surface area contributed by atoms with Crippen molar-refractivity contribution in [2.75, 3.05) is 7.11 Å². The molecule has 42 heavy (non-hydrogen) atoms. The van der Waals surface area contributed by atoms with E-state index in [4.69, 9.17) is 37.3 Å². The van der Waals surface area contributed by atoms with E-state index in [2.05, 4.69) is 10.6 Å². The lowest BCUT2D eigenvalue weighted by atomic mass is 9.86. The molecule has 1 aliphatic rings. The smallest absolute Gasteiger partial charge is 0.404 e.